The monoisotopic (exact) mass is 301 g/mol. The fourth-order valence-electron chi connectivity index (χ4n) is 2.13. The smallest absolute Gasteiger partial charge is 0.337 e. The molecule has 20 heavy (non-hydrogen) atoms. The van der Waals surface area contributed by atoms with E-state index in [1.165, 1.54) is 25.3 Å². The molecular weight excluding hydrogens is 285 g/mol. The molecule has 0 unspecified atom stereocenters. The van der Waals surface area contributed by atoms with E-state index in [9.17, 15) is 17.6 Å². The van der Waals surface area contributed by atoms with Gasteiger partial charge in [-0.15, -0.1) is 0 Å². The lowest BCUT2D eigenvalue weighted by Gasteiger charge is -2.24. The SMILES string of the molecule is COC(=O)c1ccc(F)c(NC2CCS(=O)(=O)CC2)c1. The van der Waals surface area contributed by atoms with E-state index in [1.54, 1.807) is 0 Å². The number of esters is 1. The average Bonchev–Trinajstić information content (AvgIpc) is 2.42. The molecule has 1 aromatic carbocycles. The lowest BCUT2D eigenvalue weighted by atomic mass is 10.1. The van der Waals surface area contributed by atoms with Gasteiger partial charge in [0.2, 0.25) is 0 Å². The minimum absolute atomic E-state index is 0.100. The van der Waals surface area contributed by atoms with Crippen molar-refractivity contribution in [1.29, 1.82) is 0 Å². The third-order valence-corrected chi connectivity index (χ3v) is 5.02. The lowest BCUT2D eigenvalue weighted by molar-refractivity contribution is 0.0600. The molecule has 0 radical (unpaired) electrons. The summed E-state index contributed by atoms with van der Waals surface area (Å²) in [4.78, 5) is 11.4. The highest BCUT2D eigenvalue weighted by Gasteiger charge is 2.24. The molecule has 1 aliphatic rings. The lowest BCUT2D eigenvalue weighted by Crippen LogP contribution is -2.32. The highest BCUT2D eigenvalue weighted by molar-refractivity contribution is 7.91. The first-order valence-corrected chi connectivity index (χ1v) is 8.08. The standard InChI is InChI=1S/C13H16FNO4S/c1-19-13(16)9-2-3-11(14)12(8-9)15-10-4-6-20(17,18)7-5-10/h2-3,8,10,15H,4-7H2,1H3. The molecule has 1 aliphatic heterocycles. The summed E-state index contributed by atoms with van der Waals surface area (Å²) in [5.41, 5.74) is 0.442. The number of nitrogens with one attached hydrogen (secondary N) is 1. The number of hydrogen-bond donors (Lipinski definition) is 1. The van der Waals surface area contributed by atoms with Crippen molar-refractivity contribution in [2.75, 3.05) is 23.9 Å². The fourth-order valence-corrected chi connectivity index (χ4v) is 3.63. The zero-order valence-electron chi connectivity index (χ0n) is 11.1. The number of carbonyl (C=O) groups is 1. The van der Waals surface area contributed by atoms with Gasteiger partial charge in [0, 0.05) is 6.04 Å². The molecule has 7 heteroatoms. The number of halogens is 1. The quantitative estimate of drug-likeness (QED) is 0.859. The van der Waals surface area contributed by atoms with Crippen LogP contribution in [0.3, 0.4) is 0 Å². The van der Waals surface area contributed by atoms with Gasteiger partial charge in [-0.05, 0) is 31.0 Å². The largest absolute Gasteiger partial charge is 0.465 e. The molecule has 1 fully saturated rings. The summed E-state index contributed by atoms with van der Waals surface area (Å²) < 4.78 is 41.0. The van der Waals surface area contributed by atoms with E-state index in [0.29, 0.717) is 12.8 Å². The van der Waals surface area contributed by atoms with Crippen LogP contribution in [0, 0.1) is 5.82 Å². The summed E-state index contributed by atoms with van der Waals surface area (Å²) in [7, 11) is -1.70. The molecule has 2 rings (SSSR count). The van der Waals surface area contributed by atoms with E-state index in [4.69, 9.17) is 0 Å². The normalized spacial score (nSPS) is 18.5. The van der Waals surface area contributed by atoms with Crippen molar-refractivity contribution in [2.45, 2.75) is 18.9 Å². The topological polar surface area (TPSA) is 72.5 Å². The van der Waals surface area contributed by atoms with Crippen molar-refractivity contribution < 1.29 is 22.3 Å². The summed E-state index contributed by atoms with van der Waals surface area (Å²) in [5.74, 6) is -0.822. The number of sulfone groups is 1. The van der Waals surface area contributed by atoms with Gasteiger partial charge in [0.05, 0.1) is 29.9 Å². The molecule has 0 spiro atoms. The molecule has 0 saturated carbocycles. The van der Waals surface area contributed by atoms with Gasteiger partial charge in [0.15, 0.2) is 0 Å². The molecule has 0 bridgehead atoms. The minimum atomic E-state index is -2.95. The zero-order chi connectivity index (χ0) is 14.8. The maximum Gasteiger partial charge on any atom is 0.337 e. The second-order valence-electron chi connectivity index (χ2n) is 4.76. The predicted octanol–water partition coefficient (Wildman–Crippen LogP) is 1.60. The van der Waals surface area contributed by atoms with Crippen molar-refractivity contribution in [1.82, 2.24) is 0 Å². The Kier molecular flexibility index (Phi) is 4.27. The molecule has 1 heterocycles. The van der Waals surface area contributed by atoms with Gasteiger partial charge in [-0.3, -0.25) is 0 Å². The van der Waals surface area contributed by atoms with E-state index < -0.39 is 21.6 Å². The first kappa shape index (κ1) is 14.8. The number of methoxy groups -OCH3 is 1. The summed E-state index contributed by atoms with van der Waals surface area (Å²) in [6.45, 7) is 0. The van der Waals surface area contributed by atoms with Gasteiger partial charge in [-0.2, -0.15) is 0 Å². The number of rotatable bonds is 3. The Bertz CT molecular complexity index is 601. The molecule has 110 valence electrons. The van der Waals surface area contributed by atoms with Crippen LogP contribution >= 0.6 is 0 Å². The van der Waals surface area contributed by atoms with Crippen molar-refractivity contribution in [3.63, 3.8) is 0 Å². The van der Waals surface area contributed by atoms with Crippen LogP contribution in [0.25, 0.3) is 0 Å². The number of anilines is 1. The van der Waals surface area contributed by atoms with Crippen LogP contribution in [0.1, 0.15) is 23.2 Å². The zero-order valence-corrected chi connectivity index (χ0v) is 11.9. The summed E-state index contributed by atoms with van der Waals surface area (Å²) in [5, 5.41) is 2.96. The van der Waals surface area contributed by atoms with Crippen LogP contribution in [0.5, 0.6) is 0 Å². The van der Waals surface area contributed by atoms with Gasteiger partial charge >= 0.3 is 5.97 Å². The van der Waals surface area contributed by atoms with Crippen molar-refractivity contribution in [3.8, 4) is 0 Å². The summed E-state index contributed by atoms with van der Waals surface area (Å²) in [6, 6.07) is 3.80. The van der Waals surface area contributed by atoms with Gasteiger partial charge in [0.1, 0.15) is 15.7 Å². The molecule has 0 atom stereocenters. The number of hydrogen-bond acceptors (Lipinski definition) is 5. The first-order valence-electron chi connectivity index (χ1n) is 6.26. The fraction of sp³-hybridized carbons (Fsp3) is 0.462. The van der Waals surface area contributed by atoms with E-state index in [0.717, 1.165) is 0 Å². The van der Waals surface area contributed by atoms with Gasteiger partial charge in [0.25, 0.3) is 0 Å². The number of ether oxygens (including phenoxy) is 1. The van der Waals surface area contributed by atoms with Crippen LogP contribution in [-0.4, -0.2) is 39.0 Å². The predicted molar refractivity (Wildman–Crippen MR) is 73.0 cm³/mol. The van der Waals surface area contributed by atoms with Crippen molar-refractivity contribution in [2.24, 2.45) is 0 Å². The molecule has 5 nitrogen and oxygen atoms in total. The first-order chi connectivity index (χ1) is 9.41. The van der Waals surface area contributed by atoms with Crippen LogP contribution in [0.2, 0.25) is 0 Å². The van der Waals surface area contributed by atoms with Gasteiger partial charge < -0.3 is 10.1 Å². The minimum Gasteiger partial charge on any atom is -0.465 e. The molecule has 0 amide bonds. The average molecular weight is 301 g/mol. The second-order valence-corrected chi connectivity index (χ2v) is 7.06. The Morgan fingerprint density at radius 2 is 2.00 bits per heavy atom. The molecule has 1 saturated heterocycles. The Morgan fingerprint density at radius 1 is 1.35 bits per heavy atom. The third-order valence-electron chi connectivity index (χ3n) is 3.30. The summed E-state index contributed by atoms with van der Waals surface area (Å²) in [6.07, 6.45) is 0.869. The van der Waals surface area contributed by atoms with Crippen LogP contribution < -0.4 is 5.32 Å². The highest BCUT2D eigenvalue weighted by atomic mass is 32.2. The second kappa shape index (κ2) is 5.78. The third kappa shape index (κ3) is 3.47. The van der Waals surface area contributed by atoms with E-state index in [1.807, 2.05) is 0 Å². The van der Waals surface area contributed by atoms with Crippen LogP contribution in [-0.2, 0) is 14.6 Å². The van der Waals surface area contributed by atoms with Crippen molar-refractivity contribution >= 4 is 21.5 Å². The highest BCUT2D eigenvalue weighted by Crippen LogP contribution is 2.22. The van der Waals surface area contributed by atoms with E-state index >= 15 is 0 Å². The van der Waals surface area contributed by atoms with Crippen LogP contribution in [0.4, 0.5) is 10.1 Å². The van der Waals surface area contributed by atoms with E-state index in [-0.39, 0.29) is 28.8 Å². The molecule has 0 aromatic heterocycles. The Morgan fingerprint density at radius 3 is 2.60 bits per heavy atom. The molecule has 1 N–H and O–H groups in total. The van der Waals surface area contributed by atoms with Crippen LogP contribution in [0.15, 0.2) is 18.2 Å². The van der Waals surface area contributed by atoms with Gasteiger partial charge in [-0.25, -0.2) is 17.6 Å². The van der Waals surface area contributed by atoms with Crippen molar-refractivity contribution in [3.05, 3.63) is 29.6 Å². The summed E-state index contributed by atoms with van der Waals surface area (Å²) >= 11 is 0. The molecule has 0 aliphatic carbocycles. The number of carbonyl (C=O) groups excluding carboxylic acids is 1. The maximum atomic E-state index is 13.7. The molecular formula is C13H16FNO4S. The number of benzene rings is 1. The van der Waals surface area contributed by atoms with Gasteiger partial charge in [-0.1, -0.05) is 0 Å². The van der Waals surface area contributed by atoms with E-state index in [2.05, 4.69) is 10.1 Å². The molecule has 1 aromatic rings. The Labute approximate surface area is 117 Å². The maximum absolute atomic E-state index is 13.7. The Balaban J connectivity index is 2.11. The Hall–Kier alpha value is -1.63.